The van der Waals surface area contributed by atoms with Crippen LogP contribution in [0.2, 0.25) is 0 Å². The Morgan fingerprint density at radius 2 is 1.37 bits per heavy atom. The van der Waals surface area contributed by atoms with Crippen molar-refractivity contribution in [2.45, 2.75) is 0 Å². The van der Waals surface area contributed by atoms with E-state index in [1.165, 1.54) is 7.11 Å². The summed E-state index contributed by atoms with van der Waals surface area (Å²) in [6.45, 7) is 0. The number of hydrogen-bond acceptors (Lipinski definition) is 4. The number of carbonyl (C=O) groups excluding carboxylic acids is 2. The molecule has 3 amide bonds. The number of carbonyl (C=O) groups is 2. The van der Waals surface area contributed by atoms with E-state index >= 15 is 0 Å². The van der Waals surface area contributed by atoms with Crippen molar-refractivity contribution in [2.75, 3.05) is 23.1 Å². The monoisotopic (exact) mass is 362 g/mol. The normalized spacial score (nSPS) is 9.96. The maximum Gasteiger partial charge on any atom is 0.323 e. The van der Waals surface area contributed by atoms with Crippen molar-refractivity contribution in [1.29, 1.82) is 0 Å². The second-order valence-corrected chi connectivity index (χ2v) is 5.54. The number of benzene rings is 2. The Kier molecular flexibility index (Phi) is 5.64. The van der Waals surface area contributed by atoms with E-state index in [1.807, 2.05) is 18.2 Å². The highest BCUT2D eigenvalue weighted by Gasteiger charge is 2.13. The minimum atomic E-state index is -0.349. The Balaban J connectivity index is 1.60. The van der Waals surface area contributed by atoms with Crippen molar-refractivity contribution in [3.8, 4) is 5.88 Å². The van der Waals surface area contributed by atoms with Crippen LogP contribution in [0.1, 0.15) is 10.4 Å². The number of pyridine rings is 1. The molecule has 3 rings (SSSR count). The van der Waals surface area contributed by atoms with E-state index in [9.17, 15) is 9.59 Å². The van der Waals surface area contributed by atoms with Crippen molar-refractivity contribution in [2.24, 2.45) is 0 Å². The van der Waals surface area contributed by atoms with E-state index in [4.69, 9.17) is 4.74 Å². The Hall–Kier alpha value is -3.87. The first-order valence-corrected chi connectivity index (χ1v) is 8.19. The van der Waals surface area contributed by atoms with Crippen molar-refractivity contribution >= 4 is 29.0 Å². The van der Waals surface area contributed by atoms with Gasteiger partial charge in [0.2, 0.25) is 5.88 Å². The molecule has 3 N–H and O–H groups in total. The molecule has 7 nitrogen and oxygen atoms in total. The predicted molar refractivity (Wildman–Crippen MR) is 104 cm³/mol. The highest BCUT2D eigenvalue weighted by Crippen LogP contribution is 2.18. The summed E-state index contributed by atoms with van der Waals surface area (Å²) < 4.78 is 5.09. The average Bonchev–Trinajstić information content (AvgIpc) is 2.70. The molecular formula is C20H18N4O3. The lowest BCUT2D eigenvalue weighted by atomic mass is 10.2. The summed E-state index contributed by atoms with van der Waals surface area (Å²) in [5.41, 5.74) is 2.22. The van der Waals surface area contributed by atoms with E-state index in [2.05, 4.69) is 20.9 Å². The van der Waals surface area contributed by atoms with Gasteiger partial charge in [-0.05, 0) is 48.5 Å². The molecular weight excluding hydrogens is 344 g/mol. The molecule has 0 saturated heterocycles. The van der Waals surface area contributed by atoms with Crippen LogP contribution in [0.5, 0.6) is 5.88 Å². The molecule has 0 unspecified atom stereocenters. The fraction of sp³-hybridized carbons (Fsp3) is 0.0500. The highest BCUT2D eigenvalue weighted by atomic mass is 16.5. The van der Waals surface area contributed by atoms with E-state index in [-0.39, 0.29) is 17.8 Å². The van der Waals surface area contributed by atoms with Crippen molar-refractivity contribution in [3.63, 3.8) is 0 Å². The van der Waals surface area contributed by atoms with Crippen LogP contribution in [0.3, 0.4) is 0 Å². The molecule has 0 radical (unpaired) electrons. The zero-order valence-corrected chi connectivity index (χ0v) is 14.6. The Labute approximate surface area is 156 Å². The number of rotatable bonds is 5. The van der Waals surface area contributed by atoms with E-state index < -0.39 is 0 Å². The van der Waals surface area contributed by atoms with Crippen molar-refractivity contribution < 1.29 is 14.3 Å². The summed E-state index contributed by atoms with van der Waals surface area (Å²) in [6.07, 6.45) is 1.55. The van der Waals surface area contributed by atoms with Gasteiger partial charge in [0.15, 0.2) is 0 Å². The number of para-hydroxylation sites is 1. The lowest BCUT2D eigenvalue weighted by Crippen LogP contribution is -2.19. The fourth-order valence-electron chi connectivity index (χ4n) is 2.38. The van der Waals surface area contributed by atoms with Crippen molar-refractivity contribution in [3.05, 3.63) is 78.5 Å². The molecule has 0 saturated carbocycles. The van der Waals surface area contributed by atoms with Gasteiger partial charge in [-0.3, -0.25) is 4.79 Å². The molecule has 0 atom stereocenters. The molecule has 0 aliphatic rings. The third kappa shape index (κ3) is 4.82. The zero-order valence-electron chi connectivity index (χ0n) is 14.6. The molecule has 2 aromatic carbocycles. The minimum absolute atomic E-state index is 0.255. The summed E-state index contributed by atoms with van der Waals surface area (Å²) in [6, 6.07) is 18.9. The fourth-order valence-corrected chi connectivity index (χ4v) is 2.38. The second-order valence-electron chi connectivity index (χ2n) is 5.54. The van der Waals surface area contributed by atoms with Gasteiger partial charge >= 0.3 is 6.03 Å². The van der Waals surface area contributed by atoms with Gasteiger partial charge in [0, 0.05) is 23.3 Å². The molecule has 1 aromatic heterocycles. The summed E-state index contributed by atoms with van der Waals surface area (Å²) >= 11 is 0. The van der Waals surface area contributed by atoms with Crippen LogP contribution in [-0.2, 0) is 0 Å². The van der Waals surface area contributed by atoms with Crippen LogP contribution < -0.4 is 20.7 Å². The Morgan fingerprint density at radius 1 is 0.778 bits per heavy atom. The minimum Gasteiger partial charge on any atom is -0.480 e. The van der Waals surface area contributed by atoms with Crippen LogP contribution in [-0.4, -0.2) is 24.0 Å². The average molecular weight is 362 g/mol. The molecule has 3 aromatic rings. The first kappa shape index (κ1) is 17.9. The van der Waals surface area contributed by atoms with Crippen LogP contribution in [0.15, 0.2) is 72.9 Å². The lowest BCUT2D eigenvalue weighted by Gasteiger charge is -2.10. The number of amides is 3. The van der Waals surface area contributed by atoms with Gasteiger partial charge in [0.1, 0.15) is 5.56 Å². The molecule has 27 heavy (non-hydrogen) atoms. The molecule has 136 valence electrons. The van der Waals surface area contributed by atoms with E-state index in [0.29, 0.717) is 22.6 Å². The number of aromatic nitrogens is 1. The molecule has 0 spiro atoms. The molecule has 0 fully saturated rings. The number of nitrogens with one attached hydrogen (secondary N) is 3. The first-order chi connectivity index (χ1) is 13.2. The highest BCUT2D eigenvalue weighted by molar-refractivity contribution is 6.06. The van der Waals surface area contributed by atoms with Gasteiger partial charge in [0.25, 0.3) is 5.91 Å². The third-order valence-corrected chi connectivity index (χ3v) is 3.64. The SMILES string of the molecule is COc1ncccc1C(=O)Nc1ccc(NC(=O)Nc2ccccc2)cc1. The number of nitrogens with zero attached hydrogens (tertiary/aromatic N) is 1. The lowest BCUT2D eigenvalue weighted by molar-refractivity contribution is 0.102. The van der Waals surface area contributed by atoms with Crippen LogP contribution in [0.25, 0.3) is 0 Å². The van der Waals surface area contributed by atoms with Crippen LogP contribution in [0.4, 0.5) is 21.9 Å². The quantitative estimate of drug-likeness (QED) is 0.640. The number of ether oxygens (including phenoxy) is 1. The second kappa shape index (κ2) is 8.48. The molecule has 0 bridgehead atoms. The Bertz CT molecular complexity index is 927. The van der Waals surface area contributed by atoms with Gasteiger partial charge in [-0.1, -0.05) is 18.2 Å². The standard InChI is InChI=1S/C20H18N4O3/c1-27-19-17(8-5-13-21-19)18(25)22-15-9-11-16(12-10-15)24-20(26)23-14-6-3-2-4-7-14/h2-13H,1H3,(H,22,25)(H2,23,24,26). The van der Waals surface area contributed by atoms with Crippen LogP contribution in [0, 0.1) is 0 Å². The maximum absolute atomic E-state index is 12.3. The summed E-state index contributed by atoms with van der Waals surface area (Å²) in [5.74, 6) is -0.0756. The predicted octanol–water partition coefficient (Wildman–Crippen LogP) is 3.99. The number of hydrogen-bond donors (Lipinski definition) is 3. The van der Waals surface area contributed by atoms with Gasteiger partial charge in [-0.15, -0.1) is 0 Å². The molecule has 0 aliphatic heterocycles. The van der Waals surface area contributed by atoms with Crippen molar-refractivity contribution in [1.82, 2.24) is 4.98 Å². The van der Waals surface area contributed by atoms with Gasteiger partial charge < -0.3 is 20.7 Å². The number of methoxy groups -OCH3 is 1. The summed E-state index contributed by atoms with van der Waals surface area (Å²) in [4.78, 5) is 28.3. The molecule has 7 heteroatoms. The van der Waals surface area contributed by atoms with E-state index in [0.717, 1.165) is 0 Å². The zero-order chi connectivity index (χ0) is 19.1. The summed E-state index contributed by atoms with van der Waals surface area (Å²) in [5, 5.41) is 8.22. The van der Waals surface area contributed by atoms with Crippen LogP contribution >= 0.6 is 0 Å². The van der Waals surface area contributed by atoms with Gasteiger partial charge in [0.05, 0.1) is 7.11 Å². The molecule has 1 heterocycles. The largest absolute Gasteiger partial charge is 0.480 e. The smallest absolute Gasteiger partial charge is 0.323 e. The third-order valence-electron chi connectivity index (χ3n) is 3.64. The number of anilines is 3. The Morgan fingerprint density at radius 3 is 2.00 bits per heavy atom. The summed E-state index contributed by atoms with van der Waals surface area (Å²) in [7, 11) is 1.46. The van der Waals surface area contributed by atoms with Gasteiger partial charge in [-0.2, -0.15) is 0 Å². The van der Waals surface area contributed by atoms with E-state index in [1.54, 1.807) is 54.7 Å². The topological polar surface area (TPSA) is 92.3 Å². The first-order valence-electron chi connectivity index (χ1n) is 8.19. The van der Waals surface area contributed by atoms with Gasteiger partial charge in [-0.25, -0.2) is 9.78 Å². The number of urea groups is 1. The molecule has 0 aliphatic carbocycles. The maximum atomic E-state index is 12.3.